The molecular formula is C65H51BN2. The fourth-order valence-electron chi connectivity index (χ4n) is 13.7. The molecule has 0 bridgehead atoms. The molecular weight excluding hydrogens is 820 g/mol. The number of benzene rings is 9. The van der Waals surface area contributed by atoms with Crippen LogP contribution in [0.5, 0.6) is 0 Å². The normalized spacial score (nSPS) is 14.5. The lowest BCUT2D eigenvalue weighted by atomic mass is 9.33. The van der Waals surface area contributed by atoms with Gasteiger partial charge in [-0.25, -0.2) is 0 Å². The Kier molecular flexibility index (Phi) is 7.40. The second-order valence-electron chi connectivity index (χ2n) is 21.6. The molecule has 0 fully saturated rings. The van der Waals surface area contributed by atoms with Gasteiger partial charge in [0.15, 0.2) is 0 Å². The number of hydrogen-bond donors (Lipinski definition) is 0. The highest BCUT2D eigenvalue weighted by Gasteiger charge is 2.55. The van der Waals surface area contributed by atoms with Crippen molar-refractivity contribution in [3.8, 4) is 44.9 Å². The SMILES string of the molecule is CCC(C)(C)c1cc2c3c(c1)c1cc(C(C)(C)CC)cc4c1n3-c1c(ccc3c1B2c1cc2ccccc2c2c(-c5ccccc5)c(-c5ccccc5)n-3c12)C41c2ccccc2-c2ccccc21. The van der Waals surface area contributed by atoms with Crippen molar-refractivity contribution < 1.29 is 0 Å². The summed E-state index contributed by atoms with van der Waals surface area (Å²) in [5.74, 6) is 0. The second kappa shape index (κ2) is 13.0. The average Bonchev–Trinajstić information content (AvgIpc) is 4.02. The Morgan fingerprint density at radius 2 is 1.04 bits per heavy atom. The highest BCUT2D eigenvalue weighted by Crippen LogP contribution is 2.62. The first-order valence-corrected chi connectivity index (χ1v) is 24.9. The third-order valence-corrected chi connectivity index (χ3v) is 17.7. The molecule has 3 aliphatic heterocycles. The molecule has 4 aliphatic rings. The summed E-state index contributed by atoms with van der Waals surface area (Å²) in [6, 6.07) is 68.5. The molecule has 0 atom stereocenters. The Morgan fingerprint density at radius 1 is 0.471 bits per heavy atom. The van der Waals surface area contributed by atoms with Gasteiger partial charge in [0.1, 0.15) is 0 Å². The zero-order valence-electron chi connectivity index (χ0n) is 39.6. The number of aromatic nitrogens is 2. The van der Waals surface area contributed by atoms with E-state index < -0.39 is 5.41 Å². The number of rotatable bonds is 6. The van der Waals surface area contributed by atoms with Gasteiger partial charge in [-0.2, -0.15) is 0 Å². The van der Waals surface area contributed by atoms with Gasteiger partial charge in [0.25, 0.3) is 6.71 Å². The standard InChI is InChI=1S/C65H51BN2/c1-7-63(3,4)41-34-46-47-35-42(64(5,6)8-2)37-53-60(47)68-59(46)51(36-41)65(48-29-19-17-27-44(48)45-28-18-20-30-49(45)65)50-31-32-54-57(61(50)68)66(53)52-33-40-25-15-16-26-43(40)56-55(38-21-11-9-12-22-38)58(67(54)62(52)56)39-23-13-10-14-24-39/h9-37H,7-8H2,1-6H3. The minimum Gasteiger partial charge on any atom is -0.310 e. The van der Waals surface area contributed by atoms with Gasteiger partial charge in [0.05, 0.1) is 22.1 Å². The van der Waals surface area contributed by atoms with Gasteiger partial charge in [-0.05, 0) is 125 Å². The van der Waals surface area contributed by atoms with Gasteiger partial charge in [0.2, 0.25) is 0 Å². The molecule has 1 spiro atoms. The van der Waals surface area contributed by atoms with Crippen LogP contribution in [0.25, 0.3) is 88.4 Å². The van der Waals surface area contributed by atoms with E-state index in [1.807, 2.05) is 0 Å². The molecule has 9 aromatic carbocycles. The summed E-state index contributed by atoms with van der Waals surface area (Å²) in [5, 5.41) is 6.69. The van der Waals surface area contributed by atoms with Crippen molar-refractivity contribution in [2.75, 3.05) is 0 Å². The minimum absolute atomic E-state index is 0.00864. The molecule has 1 aliphatic carbocycles. The van der Waals surface area contributed by atoms with Gasteiger partial charge in [-0.1, -0.05) is 199 Å². The van der Waals surface area contributed by atoms with Crippen molar-refractivity contribution in [2.45, 2.75) is 70.6 Å². The molecule has 2 aromatic heterocycles. The summed E-state index contributed by atoms with van der Waals surface area (Å²) in [6.45, 7) is 14.5. The number of fused-ring (bicyclic) bond motifs is 13. The summed E-state index contributed by atoms with van der Waals surface area (Å²) in [5.41, 5.74) is 26.4. The van der Waals surface area contributed by atoms with E-state index in [9.17, 15) is 0 Å². The predicted octanol–water partition coefficient (Wildman–Crippen LogP) is 14.4. The fourth-order valence-corrected chi connectivity index (χ4v) is 13.7. The molecule has 68 heavy (non-hydrogen) atoms. The van der Waals surface area contributed by atoms with Crippen molar-refractivity contribution in [1.29, 1.82) is 0 Å². The van der Waals surface area contributed by atoms with Crippen molar-refractivity contribution in [1.82, 2.24) is 9.13 Å². The van der Waals surface area contributed by atoms with Crippen LogP contribution in [0.1, 0.15) is 87.8 Å². The van der Waals surface area contributed by atoms with Crippen LogP contribution in [0, 0.1) is 0 Å². The fraction of sp³-hybridized carbons (Fsp3) is 0.169. The molecule has 11 aromatic rings. The number of nitrogens with zero attached hydrogens (tertiary/aromatic N) is 2. The quantitative estimate of drug-likeness (QED) is 0.147. The van der Waals surface area contributed by atoms with Crippen molar-refractivity contribution in [3.63, 3.8) is 0 Å². The average molecular weight is 871 g/mol. The highest BCUT2D eigenvalue weighted by molar-refractivity contribution is 7.00. The second-order valence-corrected chi connectivity index (χ2v) is 21.6. The van der Waals surface area contributed by atoms with E-state index in [4.69, 9.17) is 0 Å². The van der Waals surface area contributed by atoms with Crippen LogP contribution in [0.4, 0.5) is 0 Å². The molecule has 0 saturated heterocycles. The molecule has 3 heteroatoms. The van der Waals surface area contributed by atoms with E-state index >= 15 is 0 Å². The van der Waals surface area contributed by atoms with Crippen LogP contribution in [0.15, 0.2) is 176 Å². The molecule has 0 radical (unpaired) electrons. The summed E-state index contributed by atoms with van der Waals surface area (Å²) < 4.78 is 5.49. The van der Waals surface area contributed by atoms with E-state index in [1.54, 1.807) is 0 Å². The van der Waals surface area contributed by atoms with Gasteiger partial charge in [-0.15, -0.1) is 0 Å². The zero-order chi connectivity index (χ0) is 45.6. The Balaban J connectivity index is 1.23. The lowest BCUT2D eigenvalue weighted by Crippen LogP contribution is -2.60. The van der Waals surface area contributed by atoms with Crippen molar-refractivity contribution >= 4 is 66.6 Å². The summed E-state index contributed by atoms with van der Waals surface area (Å²) in [7, 11) is 0. The van der Waals surface area contributed by atoms with E-state index in [0.29, 0.717) is 0 Å². The third-order valence-electron chi connectivity index (χ3n) is 17.7. The number of hydrogen-bond acceptors (Lipinski definition) is 0. The Hall–Kier alpha value is -7.36. The maximum absolute atomic E-state index is 2.79. The predicted molar refractivity (Wildman–Crippen MR) is 288 cm³/mol. The zero-order valence-corrected chi connectivity index (χ0v) is 39.6. The van der Waals surface area contributed by atoms with Crippen LogP contribution in [-0.4, -0.2) is 15.8 Å². The van der Waals surface area contributed by atoms with Crippen molar-refractivity contribution in [3.05, 3.63) is 209 Å². The van der Waals surface area contributed by atoms with E-state index in [1.165, 1.54) is 138 Å². The monoisotopic (exact) mass is 870 g/mol. The van der Waals surface area contributed by atoms with Crippen LogP contribution in [-0.2, 0) is 16.2 Å². The first-order chi connectivity index (χ1) is 33.2. The Bertz CT molecular complexity index is 4000. The highest BCUT2D eigenvalue weighted by atomic mass is 15.1. The van der Waals surface area contributed by atoms with E-state index in [0.717, 1.165) is 12.8 Å². The lowest BCUT2D eigenvalue weighted by molar-refractivity contribution is 0.505. The van der Waals surface area contributed by atoms with Gasteiger partial charge < -0.3 is 9.13 Å². The molecule has 0 amide bonds. The topological polar surface area (TPSA) is 9.86 Å². The van der Waals surface area contributed by atoms with Crippen molar-refractivity contribution in [2.24, 2.45) is 0 Å². The molecule has 324 valence electrons. The Labute approximate surface area is 398 Å². The van der Waals surface area contributed by atoms with Crippen LogP contribution in [0.3, 0.4) is 0 Å². The van der Waals surface area contributed by atoms with Gasteiger partial charge in [-0.3, -0.25) is 0 Å². The van der Waals surface area contributed by atoms with Crippen LogP contribution in [0.2, 0.25) is 0 Å². The summed E-state index contributed by atoms with van der Waals surface area (Å²) >= 11 is 0. The first-order valence-electron chi connectivity index (χ1n) is 24.9. The molecule has 2 nitrogen and oxygen atoms in total. The molecule has 15 rings (SSSR count). The minimum atomic E-state index is -0.541. The van der Waals surface area contributed by atoms with Gasteiger partial charge in [0, 0.05) is 38.6 Å². The van der Waals surface area contributed by atoms with E-state index in [-0.39, 0.29) is 17.5 Å². The molecule has 0 unspecified atom stereocenters. The lowest BCUT2D eigenvalue weighted by Gasteiger charge is -2.44. The van der Waals surface area contributed by atoms with E-state index in [2.05, 4.69) is 227 Å². The van der Waals surface area contributed by atoms with Gasteiger partial charge >= 0.3 is 0 Å². The van der Waals surface area contributed by atoms with Crippen LogP contribution < -0.4 is 16.4 Å². The molecule has 0 saturated carbocycles. The maximum atomic E-state index is 2.79. The first kappa shape index (κ1) is 38.7. The molecule has 5 heterocycles. The Morgan fingerprint density at radius 3 is 1.72 bits per heavy atom. The summed E-state index contributed by atoms with van der Waals surface area (Å²) in [6.07, 6.45) is 2.10. The summed E-state index contributed by atoms with van der Waals surface area (Å²) in [4.78, 5) is 0. The largest absolute Gasteiger partial charge is 0.310 e. The smallest absolute Gasteiger partial charge is 0.252 e. The molecule has 0 N–H and O–H groups in total. The maximum Gasteiger partial charge on any atom is 0.252 e. The van der Waals surface area contributed by atoms with Crippen LogP contribution >= 0.6 is 0 Å². The third kappa shape index (κ3) is 4.48.